The number of rotatable bonds is 17. The van der Waals surface area contributed by atoms with E-state index in [0.717, 1.165) is 0 Å². The summed E-state index contributed by atoms with van der Waals surface area (Å²) in [5, 5.41) is 24.3. The Kier molecular flexibility index (Phi) is 13.4. The van der Waals surface area contributed by atoms with Crippen LogP contribution in [0.25, 0.3) is 0 Å². The highest BCUT2D eigenvalue weighted by Crippen LogP contribution is 2.04. The SMILES string of the molecule is NCCCCC(NC(=O)C(CC(N)=O)NC(=O)C(CC(N)=O)NC(=O)C(N)CC(=O)O)C(=O)O. The third-order valence-electron chi connectivity index (χ3n) is 4.37. The third-order valence-corrected chi connectivity index (χ3v) is 4.37. The Bertz CT molecular complexity index is 790. The van der Waals surface area contributed by atoms with E-state index < -0.39 is 84.9 Å². The lowest BCUT2D eigenvalue weighted by Gasteiger charge is -2.24. The lowest BCUT2D eigenvalue weighted by Crippen LogP contribution is -2.58. The van der Waals surface area contributed by atoms with E-state index in [1.54, 1.807) is 0 Å². The van der Waals surface area contributed by atoms with E-state index in [0.29, 0.717) is 19.4 Å². The molecule has 4 unspecified atom stereocenters. The third kappa shape index (κ3) is 12.3. The van der Waals surface area contributed by atoms with Gasteiger partial charge in [-0.15, -0.1) is 0 Å². The summed E-state index contributed by atoms with van der Waals surface area (Å²) in [5.74, 6) is -8.10. The molecule has 34 heavy (non-hydrogen) atoms. The predicted octanol–water partition coefficient (Wildman–Crippen LogP) is -4.79. The molecule has 0 rings (SSSR count). The standard InChI is InChI=1S/C18H31N7O9/c19-4-2-1-3-9(18(33)34)23-16(31)11(7-13(22)27)25-17(32)10(6-12(21)26)24-15(30)8(20)5-14(28)29/h8-11H,1-7,19-20H2,(H2,21,26)(H2,22,27)(H,23,31)(H,24,30)(H,25,32)(H,28,29)(H,33,34). The lowest BCUT2D eigenvalue weighted by molar-refractivity contribution is -0.142. The summed E-state index contributed by atoms with van der Waals surface area (Å²) < 4.78 is 0. The molecule has 0 aliphatic heterocycles. The molecule has 16 nitrogen and oxygen atoms in total. The minimum absolute atomic E-state index is 0.0251. The van der Waals surface area contributed by atoms with Gasteiger partial charge in [-0.3, -0.25) is 28.8 Å². The van der Waals surface area contributed by atoms with Gasteiger partial charge in [0.25, 0.3) is 0 Å². The van der Waals surface area contributed by atoms with Gasteiger partial charge < -0.3 is 49.1 Å². The molecule has 0 saturated heterocycles. The zero-order chi connectivity index (χ0) is 26.4. The van der Waals surface area contributed by atoms with Gasteiger partial charge in [-0.1, -0.05) is 0 Å². The fourth-order valence-electron chi connectivity index (χ4n) is 2.68. The van der Waals surface area contributed by atoms with Gasteiger partial charge in [-0.25, -0.2) is 4.79 Å². The number of hydrogen-bond acceptors (Lipinski definition) is 9. The van der Waals surface area contributed by atoms with Crippen LogP contribution in [0.2, 0.25) is 0 Å². The Morgan fingerprint density at radius 3 is 1.50 bits per heavy atom. The molecule has 0 aromatic heterocycles. The van der Waals surface area contributed by atoms with Crippen LogP contribution in [0.15, 0.2) is 0 Å². The Balaban J connectivity index is 5.50. The van der Waals surface area contributed by atoms with Crippen LogP contribution in [0.5, 0.6) is 0 Å². The quantitative estimate of drug-likeness (QED) is 0.0873. The normalized spacial score (nSPS) is 14.1. The van der Waals surface area contributed by atoms with Gasteiger partial charge in [0.2, 0.25) is 29.5 Å². The highest BCUT2D eigenvalue weighted by atomic mass is 16.4. The molecular weight excluding hydrogens is 458 g/mol. The summed E-state index contributed by atoms with van der Waals surface area (Å²) in [6.45, 7) is 0.309. The molecule has 5 amide bonds. The molecular formula is C18H31N7O9. The molecule has 16 heteroatoms. The smallest absolute Gasteiger partial charge is 0.326 e. The molecule has 0 radical (unpaired) electrons. The summed E-state index contributed by atoms with van der Waals surface area (Å²) in [5.41, 5.74) is 20.9. The molecule has 0 fully saturated rings. The summed E-state index contributed by atoms with van der Waals surface area (Å²) in [6.07, 6.45) is -1.35. The van der Waals surface area contributed by atoms with Crippen molar-refractivity contribution < 1.29 is 43.8 Å². The van der Waals surface area contributed by atoms with Gasteiger partial charge in [0.15, 0.2) is 0 Å². The average Bonchev–Trinajstić information content (AvgIpc) is 2.70. The minimum atomic E-state index is -1.67. The average molecular weight is 489 g/mol. The number of nitrogens with two attached hydrogens (primary N) is 4. The molecule has 0 aromatic carbocycles. The van der Waals surface area contributed by atoms with Crippen molar-refractivity contribution >= 4 is 41.5 Å². The molecule has 0 saturated carbocycles. The Labute approximate surface area is 194 Å². The lowest BCUT2D eigenvalue weighted by atomic mass is 10.1. The van der Waals surface area contributed by atoms with Gasteiger partial charge in [0, 0.05) is 0 Å². The first-order chi connectivity index (χ1) is 15.8. The summed E-state index contributed by atoms with van der Waals surface area (Å²) in [4.78, 5) is 82.1. The first-order valence-electron chi connectivity index (χ1n) is 10.2. The number of nitrogens with one attached hydrogen (secondary N) is 3. The van der Waals surface area contributed by atoms with Crippen molar-refractivity contribution in [2.24, 2.45) is 22.9 Å². The van der Waals surface area contributed by atoms with E-state index in [1.807, 2.05) is 0 Å². The Morgan fingerprint density at radius 2 is 1.12 bits per heavy atom. The van der Waals surface area contributed by atoms with Crippen molar-refractivity contribution in [2.75, 3.05) is 6.54 Å². The van der Waals surface area contributed by atoms with E-state index >= 15 is 0 Å². The van der Waals surface area contributed by atoms with E-state index in [4.69, 9.17) is 28.0 Å². The van der Waals surface area contributed by atoms with Crippen molar-refractivity contribution in [1.82, 2.24) is 16.0 Å². The predicted molar refractivity (Wildman–Crippen MR) is 114 cm³/mol. The van der Waals surface area contributed by atoms with Crippen LogP contribution < -0.4 is 38.9 Å². The molecule has 0 heterocycles. The molecule has 0 bridgehead atoms. The molecule has 4 atom stereocenters. The van der Waals surface area contributed by atoms with Crippen molar-refractivity contribution in [3.05, 3.63) is 0 Å². The number of amides is 5. The van der Waals surface area contributed by atoms with E-state index in [9.17, 15) is 38.7 Å². The Morgan fingerprint density at radius 1 is 0.676 bits per heavy atom. The van der Waals surface area contributed by atoms with Crippen molar-refractivity contribution in [3.63, 3.8) is 0 Å². The number of hydrogen-bond donors (Lipinski definition) is 9. The maximum Gasteiger partial charge on any atom is 0.326 e. The second kappa shape index (κ2) is 15.1. The largest absolute Gasteiger partial charge is 0.481 e. The zero-order valence-electron chi connectivity index (χ0n) is 18.3. The topological polar surface area (TPSA) is 300 Å². The van der Waals surface area contributed by atoms with Gasteiger partial charge >= 0.3 is 11.9 Å². The second-order valence-electron chi connectivity index (χ2n) is 7.35. The van der Waals surface area contributed by atoms with Crippen LogP contribution in [0.4, 0.5) is 0 Å². The van der Waals surface area contributed by atoms with E-state index in [-0.39, 0.29) is 6.42 Å². The number of carbonyl (C=O) groups is 7. The van der Waals surface area contributed by atoms with Gasteiger partial charge in [-0.05, 0) is 25.8 Å². The molecule has 0 spiro atoms. The van der Waals surface area contributed by atoms with Gasteiger partial charge in [-0.2, -0.15) is 0 Å². The monoisotopic (exact) mass is 489 g/mol. The van der Waals surface area contributed by atoms with E-state index in [2.05, 4.69) is 16.0 Å². The number of primary amides is 2. The highest BCUT2D eigenvalue weighted by molar-refractivity contribution is 5.98. The number of carbonyl (C=O) groups excluding carboxylic acids is 5. The van der Waals surface area contributed by atoms with Gasteiger partial charge in [0.05, 0.1) is 25.3 Å². The fourth-order valence-corrected chi connectivity index (χ4v) is 2.68. The summed E-state index contributed by atoms with van der Waals surface area (Å²) in [6, 6.07) is -6.23. The maximum absolute atomic E-state index is 12.6. The second-order valence-corrected chi connectivity index (χ2v) is 7.35. The van der Waals surface area contributed by atoms with Gasteiger partial charge in [0.1, 0.15) is 18.1 Å². The van der Waals surface area contributed by atoms with Crippen molar-refractivity contribution in [1.29, 1.82) is 0 Å². The maximum atomic E-state index is 12.6. The summed E-state index contributed by atoms with van der Waals surface area (Å²) >= 11 is 0. The van der Waals surface area contributed by atoms with Crippen LogP contribution in [0, 0.1) is 0 Å². The fraction of sp³-hybridized carbons (Fsp3) is 0.611. The van der Waals surface area contributed by atoms with Crippen LogP contribution in [-0.4, -0.2) is 82.4 Å². The number of aliphatic carboxylic acids is 2. The molecule has 0 aromatic rings. The summed E-state index contributed by atoms with van der Waals surface area (Å²) in [7, 11) is 0. The molecule has 0 aliphatic rings. The molecule has 192 valence electrons. The van der Waals surface area contributed by atoms with E-state index in [1.165, 1.54) is 0 Å². The minimum Gasteiger partial charge on any atom is -0.481 e. The first-order valence-corrected chi connectivity index (χ1v) is 10.2. The van der Waals surface area contributed by atoms with Crippen LogP contribution in [0.1, 0.15) is 38.5 Å². The highest BCUT2D eigenvalue weighted by Gasteiger charge is 2.32. The number of carboxylic acid groups (broad SMARTS) is 2. The zero-order valence-corrected chi connectivity index (χ0v) is 18.3. The van der Waals surface area contributed by atoms with Crippen molar-refractivity contribution in [3.8, 4) is 0 Å². The van der Waals surface area contributed by atoms with Crippen LogP contribution in [0.3, 0.4) is 0 Å². The number of carboxylic acids is 2. The van der Waals surface area contributed by atoms with Crippen LogP contribution in [-0.2, 0) is 33.6 Å². The number of unbranched alkanes of at least 4 members (excludes halogenated alkanes) is 1. The Hall–Kier alpha value is -3.79. The van der Waals surface area contributed by atoms with Crippen LogP contribution >= 0.6 is 0 Å². The van der Waals surface area contributed by atoms with Crippen molar-refractivity contribution in [2.45, 2.75) is 62.7 Å². The molecule has 0 aliphatic carbocycles. The first kappa shape index (κ1) is 30.2. The molecule has 13 N–H and O–H groups in total.